The van der Waals surface area contributed by atoms with Crippen LogP contribution < -0.4 is 9.62 Å². The summed E-state index contributed by atoms with van der Waals surface area (Å²) in [5.41, 5.74) is 1.64. The number of nitrogens with zero attached hydrogens (tertiary/aromatic N) is 1. The van der Waals surface area contributed by atoms with Crippen molar-refractivity contribution in [2.45, 2.75) is 5.75 Å². The molecule has 0 aliphatic rings. The molecule has 0 aliphatic carbocycles. The molecule has 0 heterocycles. The van der Waals surface area contributed by atoms with Crippen LogP contribution in [-0.4, -0.2) is 28.6 Å². The van der Waals surface area contributed by atoms with Gasteiger partial charge in [0.2, 0.25) is 10.0 Å². The second kappa shape index (κ2) is 8.02. The second-order valence-corrected chi connectivity index (χ2v) is 7.78. The average molecular weight is 373 g/mol. The zero-order valence-corrected chi connectivity index (χ0v) is 15.0. The highest BCUT2D eigenvalue weighted by molar-refractivity contribution is 7.88. The van der Waals surface area contributed by atoms with E-state index in [1.165, 1.54) is 0 Å². The molecule has 2 aromatic carbocycles. The van der Waals surface area contributed by atoms with Gasteiger partial charge in [0.05, 0.1) is 15.8 Å². The van der Waals surface area contributed by atoms with Crippen molar-refractivity contribution in [1.82, 2.24) is 4.72 Å². The van der Waals surface area contributed by atoms with E-state index in [-0.39, 0.29) is 5.75 Å². The topological polar surface area (TPSA) is 49.4 Å². The molecule has 0 bridgehead atoms. The molecule has 0 amide bonds. The predicted molar refractivity (Wildman–Crippen MR) is 96.8 cm³/mol. The minimum atomic E-state index is -3.42. The smallest absolute Gasteiger partial charge is 0.215 e. The minimum absolute atomic E-state index is 0.126. The van der Waals surface area contributed by atoms with Crippen LogP contribution in [0.4, 0.5) is 5.69 Å². The quantitative estimate of drug-likeness (QED) is 0.808. The summed E-state index contributed by atoms with van der Waals surface area (Å²) in [6, 6.07) is 14.6. The standard InChI is InChI=1S/C16H18Cl2N2O2S/c1-20(14-5-3-2-4-6-14)10-9-19-23(21,22)12-13-7-8-15(17)16(18)11-13/h2-8,11,19H,9-10,12H2,1H3. The molecule has 23 heavy (non-hydrogen) atoms. The lowest BCUT2D eigenvalue weighted by Gasteiger charge is -2.19. The zero-order chi connectivity index (χ0) is 16.9. The van der Waals surface area contributed by atoms with E-state index in [0.717, 1.165) is 5.69 Å². The lowest BCUT2D eigenvalue weighted by Crippen LogP contribution is -2.33. The van der Waals surface area contributed by atoms with Crippen LogP contribution >= 0.6 is 23.2 Å². The van der Waals surface area contributed by atoms with E-state index in [1.54, 1.807) is 18.2 Å². The van der Waals surface area contributed by atoms with Crippen LogP contribution in [0.25, 0.3) is 0 Å². The maximum atomic E-state index is 12.1. The van der Waals surface area contributed by atoms with Crippen LogP contribution in [0.2, 0.25) is 10.0 Å². The molecule has 2 aromatic rings. The molecule has 0 spiro atoms. The fourth-order valence-corrected chi connectivity index (χ4v) is 3.52. The van der Waals surface area contributed by atoms with Gasteiger partial charge in [-0.25, -0.2) is 13.1 Å². The average Bonchev–Trinajstić information content (AvgIpc) is 2.51. The number of anilines is 1. The number of para-hydroxylation sites is 1. The second-order valence-electron chi connectivity index (χ2n) is 5.16. The van der Waals surface area contributed by atoms with Gasteiger partial charge in [0.15, 0.2) is 0 Å². The maximum Gasteiger partial charge on any atom is 0.215 e. The molecule has 124 valence electrons. The van der Waals surface area contributed by atoms with Crippen LogP contribution in [0, 0.1) is 0 Å². The van der Waals surface area contributed by atoms with Crippen molar-refractivity contribution >= 4 is 38.9 Å². The first-order chi connectivity index (χ1) is 10.9. The molecule has 0 unspecified atom stereocenters. The number of nitrogens with one attached hydrogen (secondary N) is 1. The van der Waals surface area contributed by atoms with E-state index >= 15 is 0 Å². The molecule has 0 saturated carbocycles. The third-order valence-electron chi connectivity index (χ3n) is 3.31. The lowest BCUT2D eigenvalue weighted by molar-refractivity contribution is 0.580. The van der Waals surface area contributed by atoms with Crippen molar-refractivity contribution in [3.63, 3.8) is 0 Å². The Kier molecular flexibility index (Phi) is 6.30. The Bertz CT molecular complexity index is 752. The number of halogens is 2. The minimum Gasteiger partial charge on any atom is -0.373 e. The van der Waals surface area contributed by atoms with Crippen molar-refractivity contribution in [1.29, 1.82) is 0 Å². The Balaban J connectivity index is 1.87. The third kappa shape index (κ3) is 5.70. The summed E-state index contributed by atoms with van der Waals surface area (Å²) >= 11 is 11.7. The first-order valence-corrected chi connectivity index (χ1v) is 9.46. The van der Waals surface area contributed by atoms with Crippen molar-refractivity contribution in [2.75, 3.05) is 25.0 Å². The van der Waals surface area contributed by atoms with Crippen molar-refractivity contribution in [2.24, 2.45) is 0 Å². The normalized spacial score (nSPS) is 11.4. The van der Waals surface area contributed by atoms with Crippen molar-refractivity contribution in [3.05, 3.63) is 64.1 Å². The number of likely N-dealkylation sites (N-methyl/N-ethyl adjacent to an activating group) is 1. The molecule has 0 saturated heterocycles. The van der Waals surface area contributed by atoms with Gasteiger partial charge in [-0.05, 0) is 29.8 Å². The van der Waals surface area contributed by atoms with Gasteiger partial charge in [0.1, 0.15) is 0 Å². The fourth-order valence-electron chi connectivity index (χ4n) is 2.08. The maximum absolute atomic E-state index is 12.1. The molecule has 0 radical (unpaired) electrons. The molecule has 2 rings (SSSR count). The number of sulfonamides is 1. The van der Waals surface area contributed by atoms with Crippen LogP contribution in [0.3, 0.4) is 0 Å². The van der Waals surface area contributed by atoms with Gasteiger partial charge >= 0.3 is 0 Å². The molecular weight excluding hydrogens is 355 g/mol. The highest BCUT2D eigenvalue weighted by Gasteiger charge is 2.12. The Labute approximate surface area is 147 Å². The summed E-state index contributed by atoms with van der Waals surface area (Å²) in [7, 11) is -1.50. The Morgan fingerprint density at radius 2 is 1.74 bits per heavy atom. The number of rotatable bonds is 7. The van der Waals surface area contributed by atoms with E-state index in [9.17, 15) is 8.42 Å². The highest BCUT2D eigenvalue weighted by atomic mass is 35.5. The molecule has 0 atom stereocenters. The largest absolute Gasteiger partial charge is 0.373 e. The zero-order valence-electron chi connectivity index (χ0n) is 12.7. The van der Waals surface area contributed by atoms with E-state index in [0.29, 0.717) is 28.7 Å². The third-order valence-corrected chi connectivity index (χ3v) is 5.40. The number of benzene rings is 2. The van der Waals surface area contributed by atoms with Gasteiger partial charge < -0.3 is 4.90 Å². The van der Waals surface area contributed by atoms with Crippen LogP contribution in [0.1, 0.15) is 5.56 Å². The summed E-state index contributed by atoms with van der Waals surface area (Å²) < 4.78 is 26.8. The van der Waals surface area contributed by atoms with Crippen LogP contribution in [-0.2, 0) is 15.8 Å². The summed E-state index contributed by atoms with van der Waals surface area (Å²) in [6.45, 7) is 0.902. The molecule has 1 N–H and O–H groups in total. The Morgan fingerprint density at radius 1 is 1.04 bits per heavy atom. The van der Waals surface area contributed by atoms with Gasteiger partial charge in [0, 0.05) is 25.8 Å². The first kappa shape index (κ1) is 18.1. The molecule has 0 aliphatic heterocycles. The molecule has 0 fully saturated rings. The van der Waals surface area contributed by atoms with E-state index < -0.39 is 10.0 Å². The van der Waals surface area contributed by atoms with Crippen LogP contribution in [0.5, 0.6) is 0 Å². The SMILES string of the molecule is CN(CCNS(=O)(=O)Cc1ccc(Cl)c(Cl)c1)c1ccccc1. The summed E-state index contributed by atoms with van der Waals surface area (Å²) in [5, 5.41) is 0.758. The monoisotopic (exact) mass is 372 g/mol. The summed E-state index contributed by atoms with van der Waals surface area (Å²) in [4.78, 5) is 1.99. The molecular formula is C16H18Cl2N2O2S. The van der Waals surface area contributed by atoms with Gasteiger partial charge in [-0.15, -0.1) is 0 Å². The highest BCUT2D eigenvalue weighted by Crippen LogP contribution is 2.23. The van der Waals surface area contributed by atoms with Gasteiger partial charge in [-0.1, -0.05) is 47.5 Å². The summed E-state index contributed by atoms with van der Waals surface area (Å²) in [6.07, 6.45) is 0. The molecule has 7 heteroatoms. The van der Waals surface area contributed by atoms with Crippen molar-refractivity contribution in [3.8, 4) is 0 Å². The molecule has 4 nitrogen and oxygen atoms in total. The van der Waals surface area contributed by atoms with E-state index in [2.05, 4.69) is 4.72 Å². The lowest BCUT2D eigenvalue weighted by atomic mass is 10.2. The summed E-state index contributed by atoms with van der Waals surface area (Å²) in [5.74, 6) is -0.126. The van der Waals surface area contributed by atoms with E-state index in [1.807, 2.05) is 42.3 Å². The van der Waals surface area contributed by atoms with Gasteiger partial charge in [-0.2, -0.15) is 0 Å². The van der Waals surface area contributed by atoms with Gasteiger partial charge in [0.25, 0.3) is 0 Å². The Morgan fingerprint density at radius 3 is 2.39 bits per heavy atom. The predicted octanol–water partition coefficient (Wildman–Crippen LogP) is 3.55. The van der Waals surface area contributed by atoms with Gasteiger partial charge in [-0.3, -0.25) is 0 Å². The van der Waals surface area contributed by atoms with E-state index in [4.69, 9.17) is 23.2 Å². The Hall–Kier alpha value is -1.27. The number of hydrogen-bond donors (Lipinski definition) is 1. The van der Waals surface area contributed by atoms with Crippen LogP contribution in [0.15, 0.2) is 48.5 Å². The fraction of sp³-hybridized carbons (Fsp3) is 0.250. The van der Waals surface area contributed by atoms with Crippen molar-refractivity contribution < 1.29 is 8.42 Å². The first-order valence-electron chi connectivity index (χ1n) is 7.05. The number of hydrogen-bond acceptors (Lipinski definition) is 3. The molecule has 0 aromatic heterocycles.